The maximum atomic E-state index is 12.9. The van der Waals surface area contributed by atoms with Crippen LogP contribution in [-0.2, 0) is 4.79 Å². The van der Waals surface area contributed by atoms with Crippen LogP contribution in [0.1, 0.15) is 5.56 Å². The van der Waals surface area contributed by atoms with Crippen molar-refractivity contribution in [2.24, 2.45) is 0 Å². The third kappa shape index (κ3) is 3.81. The van der Waals surface area contributed by atoms with E-state index >= 15 is 0 Å². The maximum Gasteiger partial charge on any atom is 0.298 e. The van der Waals surface area contributed by atoms with E-state index in [1.54, 1.807) is 30.3 Å². The molecule has 0 atom stereocenters. The molecule has 0 aromatic heterocycles. The summed E-state index contributed by atoms with van der Waals surface area (Å²) in [4.78, 5) is 26.8. The number of nitrogens with zero attached hydrogens (tertiary/aromatic N) is 1. The first kappa shape index (κ1) is 20.4. The van der Waals surface area contributed by atoms with Crippen molar-refractivity contribution in [2.45, 2.75) is 0 Å². The predicted molar refractivity (Wildman–Crippen MR) is 109 cm³/mol. The lowest BCUT2D eigenvalue weighted by molar-refractivity contribution is -0.113. The van der Waals surface area contributed by atoms with Gasteiger partial charge < -0.3 is 24.1 Å². The van der Waals surface area contributed by atoms with Gasteiger partial charge >= 0.3 is 0 Å². The van der Waals surface area contributed by atoms with Crippen LogP contribution >= 0.6 is 11.8 Å². The van der Waals surface area contributed by atoms with E-state index in [0.29, 0.717) is 22.7 Å². The van der Waals surface area contributed by atoms with Crippen molar-refractivity contribution in [2.75, 3.05) is 33.3 Å². The molecule has 1 N–H and O–H groups in total. The molecule has 2 aromatic rings. The standard InChI is InChI=1S/C20H19NO7S/c1-25-12-5-6-13(14(10-12)26-2)21-19(23)17(29-20(21)24)9-11-7-15(27-3)18(22)16(8-11)28-4/h5-10,22H,1-4H3/b17-9-. The fraction of sp³-hybridized carbons (Fsp3) is 0.200. The molecule has 1 saturated heterocycles. The van der Waals surface area contributed by atoms with Crippen molar-refractivity contribution < 1.29 is 33.6 Å². The summed E-state index contributed by atoms with van der Waals surface area (Å²) in [6.45, 7) is 0. The van der Waals surface area contributed by atoms with Gasteiger partial charge in [-0.1, -0.05) is 0 Å². The van der Waals surface area contributed by atoms with E-state index in [9.17, 15) is 14.7 Å². The number of aromatic hydroxyl groups is 1. The lowest BCUT2D eigenvalue weighted by Gasteiger charge is -2.17. The second-order valence-corrected chi connectivity index (χ2v) is 6.82. The Morgan fingerprint density at radius 3 is 2.07 bits per heavy atom. The third-order valence-corrected chi connectivity index (χ3v) is 5.09. The highest BCUT2D eigenvalue weighted by Gasteiger charge is 2.38. The van der Waals surface area contributed by atoms with Gasteiger partial charge in [0, 0.05) is 6.07 Å². The number of imide groups is 1. The summed E-state index contributed by atoms with van der Waals surface area (Å²) in [7, 11) is 5.77. The van der Waals surface area contributed by atoms with Gasteiger partial charge in [-0.15, -0.1) is 0 Å². The van der Waals surface area contributed by atoms with Gasteiger partial charge in [-0.2, -0.15) is 0 Å². The van der Waals surface area contributed by atoms with Crippen LogP contribution in [-0.4, -0.2) is 44.7 Å². The molecule has 0 bridgehead atoms. The minimum Gasteiger partial charge on any atom is -0.502 e. The molecular formula is C20H19NO7S. The molecule has 0 aliphatic carbocycles. The van der Waals surface area contributed by atoms with Crippen molar-refractivity contribution >= 4 is 34.7 Å². The fourth-order valence-electron chi connectivity index (χ4n) is 2.79. The summed E-state index contributed by atoms with van der Waals surface area (Å²) in [5, 5.41) is 9.57. The normalized spacial score (nSPS) is 15.0. The number of ether oxygens (including phenoxy) is 4. The Kier molecular flexibility index (Phi) is 5.88. The number of amides is 2. The van der Waals surface area contributed by atoms with Gasteiger partial charge in [-0.05, 0) is 47.7 Å². The number of rotatable bonds is 6. The van der Waals surface area contributed by atoms with E-state index in [1.807, 2.05) is 0 Å². The number of anilines is 1. The maximum absolute atomic E-state index is 12.9. The van der Waals surface area contributed by atoms with Crippen molar-refractivity contribution in [1.29, 1.82) is 0 Å². The number of hydrogen-bond acceptors (Lipinski definition) is 8. The summed E-state index contributed by atoms with van der Waals surface area (Å²) in [6, 6.07) is 7.90. The van der Waals surface area contributed by atoms with Crippen molar-refractivity contribution in [3.8, 4) is 28.7 Å². The monoisotopic (exact) mass is 417 g/mol. The van der Waals surface area contributed by atoms with Gasteiger partial charge in [0.05, 0.1) is 39.0 Å². The van der Waals surface area contributed by atoms with Gasteiger partial charge in [-0.3, -0.25) is 9.59 Å². The van der Waals surface area contributed by atoms with E-state index < -0.39 is 11.1 Å². The zero-order valence-electron chi connectivity index (χ0n) is 16.2. The molecular weight excluding hydrogens is 398 g/mol. The molecule has 2 aromatic carbocycles. The van der Waals surface area contributed by atoms with Crippen molar-refractivity contribution in [3.05, 3.63) is 40.8 Å². The smallest absolute Gasteiger partial charge is 0.298 e. The molecule has 1 aliphatic heterocycles. The van der Waals surface area contributed by atoms with Crippen LogP contribution in [0.25, 0.3) is 6.08 Å². The quantitative estimate of drug-likeness (QED) is 0.712. The highest BCUT2D eigenvalue weighted by atomic mass is 32.2. The van der Waals surface area contributed by atoms with Crippen molar-refractivity contribution in [1.82, 2.24) is 0 Å². The summed E-state index contributed by atoms with van der Waals surface area (Å²) >= 11 is 0.799. The largest absolute Gasteiger partial charge is 0.502 e. The lowest BCUT2D eigenvalue weighted by atomic mass is 10.1. The second kappa shape index (κ2) is 8.36. The zero-order valence-corrected chi connectivity index (χ0v) is 17.0. The number of thioether (sulfide) groups is 1. The third-order valence-electron chi connectivity index (χ3n) is 4.22. The average Bonchev–Trinajstić information content (AvgIpc) is 3.01. The average molecular weight is 417 g/mol. The Hall–Kier alpha value is -3.33. The van der Waals surface area contributed by atoms with Crippen LogP contribution in [0, 0.1) is 0 Å². The highest BCUT2D eigenvalue weighted by molar-refractivity contribution is 8.19. The number of carbonyl (C=O) groups is 2. The molecule has 3 rings (SSSR count). The van der Waals surface area contributed by atoms with Crippen LogP contribution in [0.15, 0.2) is 35.2 Å². The summed E-state index contributed by atoms with van der Waals surface area (Å²) < 4.78 is 20.7. The topological polar surface area (TPSA) is 94.5 Å². The molecule has 1 aliphatic rings. The summed E-state index contributed by atoms with van der Waals surface area (Å²) in [5.74, 6) is 0.605. The Bertz CT molecular complexity index is 977. The first-order chi connectivity index (χ1) is 13.9. The van der Waals surface area contributed by atoms with Gasteiger partial charge in [-0.25, -0.2) is 4.90 Å². The number of methoxy groups -OCH3 is 4. The van der Waals surface area contributed by atoms with E-state index in [4.69, 9.17) is 18.9 Å². The number of benzene rings is 2. The Morgan fingerprint density at radius 1 is 0.897 bits per heavy atom. The molecule has 152 valence electrons. The Labute approximate surface area is 171 Å². The predicted octanol–water partition coefficient (Wildman–Crippen LogP) is 3.67. The number of phenolic OH excluding ortho intramolecular Hbond substituents is 1. The molecule has 0 saturated carbocycles. The van der Waals surface area contributed by atoms with Crippen LogP contribution in [0.5, 0.6) is 28.7 Å². The van der Waals surface area contributed by atoms with Gasteiger partial charge in [0.1, 0.15) is 11.5 Å². The molecule has 2 amide bonds. The molecule has 1 heterocycles. The molecule has 1 fully saturated rings. The number of carbonyl (C=O) groups excluding carboxylic acids is 2. The SMILES string of the molecule is COc1ccc(N2C(=O)S/C(=C\c3cc(OC)c(O)c(OC)c3)C2=O)c(OC)c1. The Morgan fingerprint density at radius 2 is 1.52 bits per heavy atom. The number of hydrogen-bond donors (Lipinski definition) is 1. The van der Waals surface area contributed by atoms with Crippen LogP contribution < -0.4 is 23.8 Å². The van der Waals surface area contributed by atoms with Crippen LogP contribution in [0.4, 0.5) is 10.5 Å². The van der Waals surface area contributed by atoms with Crippen molar-refractivity contribution in [3.63, 3.8) is 0 Å². The Balaban J connectivity index is 2.00. The minimum absolute atomic E-state index is 0.150. The molecule has 0 unspecified atom stereocenters. The van der Waals surface area contributed by atoms with Gasteiger partial charge in [0.25, 0.3) is 11.1 Å². The van der Waals surface area contributed by atoms with E-state index in [1.165, 1.54) is 34.5 Å². The second-order valence-electron chi connectivity index (χ2n) is 5.83. The van der Waals surface area contributed by atoms with Gasteiger partial charge in [0.15, 0.2) is 11.5 Å². The first-order valence-electron chi connectivity index (χ1n) is 8.38. The van der Waals surface area contributed by atoms with E-state index in [-0.39, 0.29) is 22.2 Å². The van der Waals surface area contributed by atoms with E-state index in [2.05, 4.69) is 0 Å². The molecule has 0 spiro atoms. The zero-order chi connectivity index (χ0) is 21.1. The van der Waals surface area contributed by atoms with Gasteiger partial charge in [0.2, 0.25) is 5.75 Å². The molecule has 0 radical (unpaired) electrons. The van der Waals surface area contributed by atoms with Crippen LogP contribution in [0.3, 0.4) is 0 Å². The highest BCUT2D eigenvalue weighted by Crippen LogP contribution is 2.42. The molecule has 29 heavy (non-hydrogen) atoms. The van der Waals surface area contributed by atoms with E-state index in [0.717, 1.165) is 16.7 Å². The first-order valence-corrected chi connectivity index (χ1v) is 9.20. The van der Waals surface area contributed by atoms with Crippen LogP contribution in [0.2, 0.25) is 0 Å². The summed E-state index contributed by atoms with van der Waals surface area (Å²) in [5.41, 5.74) is 0.851. The number of phenols is 1. The molecule has 9 heteroatoms. The minimum atomic E-state index is -0.491. The fourth-order valence-corrected chi connectivity index (χ4v) is 3.63. The lowest BCUT2D eigenvalue weighted by Crippen LogP contribution is -2.28. The summed E-state index contributed by atoms with van der Waals surface area (Å²) in [6.07, 6.45) is 1.53. The molecule has 8 nitrogen and oxygen atoms in total.